The van der Waals surface area contributed by atoms with Crippen LogP contribution in [0.5, 0.6) is 0 Å². The van der Waals surface area contributed by atoms with Gasteiger partial charge in [-0.05, 0) is 57.4 Å². The van der Waals surface area contributed by atoms with Gasteiger partial charge in [0.1, 0.15) is 5.82 Å². The first-order valence-corrected chi connectivity index (χ1v) is 8.07. The number of para-hydroxylation sites is 1. The van der Waals surface area contributed by atoms with Crippen LogP contribution in [0.3, 0.4) is 0 Å². The van der Waals surface area contributed by atoms with E-state index in [4.69, 9.17) is 0 Å². The van der Waals surface area contributed by atoms with Crippen molar-refractivity contribution < 1.29 is 4.39 Å². The topological polar surface area (TPSA) is 12.0 Å². The molecule has 0 aliphatic heterocycles. The lowest BCUT2D eigenvalue weighted by molar-refractivity contribution is 0.265. The summed E-state index contributed by atoms with van der Waals surface area (Å²) in [6, 6.07) is 13.7. The lowest BCUT2D eigenvalue weighted by Gasteiger charge is -2.41. The number of rotatable bonds is 2. The molecule has 1 nitrogen and oxygen atoms in total. The van der Waals surface area contributed by atoms with Gasteiger partial charge in [0, 0.05) is 4.47 Å². The zero-order chi connectivity index (χ0) is 15.0. The highest BCUT2D eigenvalue weighted by Gasteiger charge is 2.36. The molecule has 1 N–H and O–H groups in total. The molecule has 0 aromatic heterocycles. The number of anilines is 1. The lowest BCUT2D eigenvalue weighted by atomic mass is 9.70. The molecular formula is C18H19BrFN. The van der Waals surface area contributed by atoms with Gasteiger partial charge in [0.2, 0.25) is 0 Å². The quantitative estimate of drug-likeness (QED) is 0.733. The normalized spacial score (nSPS) is 19.9. The zero-order valence-corrected chi connectivity index (χ0v) is 13.9. The number of fused-ring (bicyclic) bond motifs is 1. The second-order valence-electron chi connectivity index (χ2n) is 6.36. The third-order valence-electron chi connectivity index (χ3n) is 4.44. The van der Waals surface area contributed by atoms with Crippen LogP contribution in [-0.4, -0.2) is 0 Å². The SMILES string of the molecule is CC1(C)CCc2ccccc2C1Nc1c(F)cccc1Br. The van der Waals surface area contributed by atoms with E-state index in [0.29, 0.717) is 5.69 Å². The Kier molecular flexibility index (Phi) is 3.78. The minimum atomic E-state index is -0.219. The average Bonchev–Trinajstić information content (AvgIpc) is 2.45. The number of hydrogen-bond donors (Lipinski definition) is 1. The van der Waals surface area contributed by atoms with Crippen molar-refractivity contribution in [2.45, 2.75) is 32.7 Å². The number of hydrogen-bond acceptors (Lipinski definition) is 1. The van der Waals surface area contributed by atoms with E-state index >= 15 is 0 Å². The molecule has 2 aromatic carbocycles. The van der Waals surface area contributed by atoms with Gasteiger partial charge in [-0.3, -0.25) is 0 Å². The highest BCUT2D eigenvalue weighted by atomic mass is 79.9. The molecule has 0 bridgehead atoms. The van der Waals surface area contributed by atoms with Gasteiger partial charge in [-0.15, -0.1) is 0 Å². The maximum absolute atomic E-state index is 14.1. The predicted molar refractivity (Wildman–Crippen MR) is 89.0 cm³/mol. The molecular weight excluding hydrogens is 329 g/mol. The van der Waals surface area contributed by atoms with E-state index in [1.165, 1.54) is 17.2 Å². The fraction of sp³-hybridized carbons (Fsp3) is 0.333. The molecule has 1 atom stereocenters. The Morgan fingerprint density at radius 2 is 1.90 bits per heavy atom. The highest BCUT2D eigenvalue weighted by Crippen LogP contribution is 2.46. The molecule has 0 radical (unpaired) electrons. The van der Waals surface area contributed by atoms with Crippen LogP contribution in [0, 0.1) is 11.2 Å². The number of aryl methyl sites for hydroxylation is 1. The molecule has 2 aromatic rings. The Bertz CT molecular complexity index is 646. The van der Waals surface area contributed by atoms with Crippen LogP contribution in [0.25, 0.3) is 0 Å². The first kappa shape index (κ1) is 14.6. The Morgan fingerprint density at radius 3 is 2.67 bits per heavy atom. The molecule has 1 unspecified atom stereocenters. The van der Waals surface area contributed by atoms with E-state index in [0.717, 1.165) is 17.3 Å². The Morgan fingerprint density at radius 1 is 1.14 bits per heavy atom. The molecule has 1 aliphatic rings. The number of benzene rings is 2. The number of nitrogens with one attached hydrogen (secondary N) is 1. The van der Waals surface area contributed by atoms with Crippen molar-refractivity contribution in [2.75, 3.05) is 5.32 Å². The van der Waals surface area contributed by atoms with Crippen LogP contribution < -0.4 is 5.32 Å². The molecule has 0 saturated carbocycles. The maximum atomic E-state index is 14.1. The monoisotopic (exact) mass is 347 g/mol. The van der Waals surface area contributed by atoms with Crippen LogP contribution in [0.1, 0.15) is 37.4 Å². The molecule has 0 fully saturated rings. The lowest BCUT2D eigenvalue weighted by Crippen LogP contribution is -2.33. The van der Waals surface area contributed by atoms with Gasteiger partial charge >= 0.3 is 0 Å². The van der Waals surface area contributed by atoms with Gasteiger partial charge in [-0.25, -0.2) is 4.39 Å². The summed E-state index contributed by atoms with van der Waals surface area (Å²) in [7, 11) is 0. The molecule has 3 heteroatoms. The minimum absolute atomic E-state index is 0.0794. The van der Waals surface area contributed by atoms with Crippen LogP contribution in [0.15, 0.2) is 46.9 Å². The third-order valence-corrected chi connectivity index (χ3v) is 5.10. The first-order chi connectivity index (χ1) is 9.99. The Balaban J connectivity index is 2.04. The summed E-state index contributed by atoms with van der Waals surface area (Å²) in [5.41, 5.74) is 3.27. The van der Waals surface area contributed by atoms with E-state index in [-0.39, 0.29) is 17.3 Å². The van der Waals surface area contributed by atoms with E-state index in [1.54, 1.807) is 6.07 Å². The second kappa shape index (κ2) is 5.45. The van der Waals surface area contributed by atoms with Crippen LogP contribution in [0.2, 0.25) is 0 Å². The van der Waals surface area contributed by atoms with Gasteiger partial charge < -0.3 is 5.32 Å². The summed E-state index contributed by atoms with van der Waals surface area (Å²) >= 11 is 3.45. The molecule has 0 amide bonds. The van der Waals surface area contributed by atoms with Gasteiger partial charge in [-0.2, -0.15) is 0 Å². The number of halogens is 2. The van der Waals surface area contributed by atoms with Crippen molar-refractivity contribution in [3.8, 4) is 0 Å². The van der Waals surface area contributed by atoms with Crippen molar-refractivity contribution in [1.82, 2.24) is 0 Å². The maximum Gasteiger partial charge on any atom is 0.147 e. The Labute approximate surface area is 133 Å². The van der Waals surface area contributed by atoms with Crippen molar-refractivity contribution in [2.24, 2.45) is 5.41 Å². The van der Waals surface area contributed by atoms with Crippen LogP contribution >= 0.6 is 15.9 Å². The summed E-state index contributed by atoms with van der Waals surface area (Å²) in [5.74, 6) is -0.219. The molecule has 110 valence electrons. The van der Waals surface area contributed by atoms with Gasteiger partial charge in [0.15, 0.2) is 0 Å². The van der Waals surface area contributed by atoms with E-state index < -0.39 is 0 Å². The molecule has 0 heterocycles. The minimum Gasteiger partial charge on any atom is -0.374 e. The predicted octanol–water partition coefficient (Wildman–Crippen LogP) is 5.71. The van der Waals surface area contributed by atoms with Gasteiger partial charge in [0.05, 0.1) is 11.7 Å². The fourth-order valence-electron chi connectivity index (χ4n) is 3.12. The first-order valence-electron chi connectivity index (χ1n) is 7.27. The second-order valence-corrected chi connectivity index (χ2v) is 7.22. The standard InChI is InChI=1S/C18H19BrFN/c1-18(2)11-10-12-6-3-4-7-13(12)17(18)21-16-14(19)8-5-9-15(16)20/h3-9,17,21H,10-11H2,1-2H3. The van der Waals surface area contributed by atoms with Crippen molar-refractivity contribution in [3.05, 3.63) is 63.9 Å². The zero-order valence-electron chi connectivity index (χ0n) is 12.3. The summed E-state index contributed by atoms with van der Waals surface area (Å²) < 4.78 is 14.9. The summed E-state index contributed by atoms with van der Waals surface area (Å²) in [6.45, 7) is 4.49. The average molecular weight is 348 g/mol. The van der Waals surface area contributed by atoms with Crippen molar-refractivity contribution in [3.63, 3.8) is 0 Å². The molecule has 1 aliphatic carbocycles. The van der Waals surface area contributed by atoms with E-state index in [2.05, 4.69) is 59.4 Å². The van der Waals surface area contributed by atoms with E-state index in [1.807, 2.05) is 6.07 Å². The molecule has 0 saturated heterocycles. The van der Waals surface area contributed by atoms with Crippen LogP contribution in [-0.2, 0) is 6.42 Å². The van der Waals surface area contributed by atoms with Crippen molar-refractivity contribution >= 4 is 21.6 Å². The van der Waals surface area contributed by atoms with Crippen molar-refractivity contribution in [1.29, 1.82) is 0 Å². The Hall–Kier alpha value is -1.35. The van der Waals surface area contributed by atoms with E-state index in [9.17, 15) is 4.39 Å². The highest BCUT2D eigenvalue weighted by molar-refractivity contribution is 9.10. The molecule has 3 rings (SSSR count). The fourth-order valence-corrected chi connectivity index (χ4v) is 3.58. The molecule has 21 heavy (non-hydrogen) atoms. The summed E-state index contributed by atoms with van der Waals surface area (Å²) in [4.78, 5) is 0. The van der Waals surface area contributed by atoms with Gasteiger partial charge in [0.25, 0.3) is 0 Å². The smallest absolute Gasteiger partial charge is 0.147 e. The summed E-state index contributed by atoms with van der Waals surface area (Å²) in [5, 5.41) is 3.44. The molecule has 0 spiro atoms. The van der Waals surface area contributed by atoms with Crippen LogP contribution in [0.4, 0.5) is 10.1 Å². The largest absolute Gasteiger partial charge is 0.374 e. The third kappa shape index (κ3) is 2.71. The summed E-state index contributed by atoms with van der Waals surface area (Å²) in [6.07, 6.45) is 2.17. The van der Waals surface area contributed by atoms with Gasteiger partial charge in [-0.1, -0.05) is 44.2 Å².